The maximum atomic E-state index is 11.0. The van der Waals surface area contributed by atoms with Gasteiger partial charge in [0.1, 0.15) is 17.9 Å². The molecule has 0 saturated heterocycles. The summed E-state index contributed by atoms with van der Waals surface area (Å²) >= 11 is 0. The van der Waals surface area contributed by atoms with Crippen LogP contribution < -0.4 is 10.1 Å². The van der Waals surface area contributed by atoms with E-state index in [4.69, 9.17) is 9.84 Å². The number of ether oxygens (including phenoxy) is 1. The molecule has 0 bridgehead atoms. The van der Waals surface area contributed by atoms with E-state index in [1.165, 1.54) is 0 Å². The van der Waals surface area contributed by atoms with Gasteiger partial charge in [-0.3, -0.25) is 0 Å². The lowest BCUT2D eigenvalue weighted by Crippen LogP contribution is -2.39. The molecule has 86 valence electrons. The molecule has 0 amide bonds. The summed E-state index contributed by atoms with van der Waals surface area (Å²) in [6.07, 6.45) is 0.824. The standard InChI is InChI=1S/C12H15NO3/c1-2-13-9-6-8-4-3-5-10(12(14)15)11(8)16-7-9/h3-5,9,13H,2,6-7H2,1H3,(H,14,15). The molecule has 1 atom stereocenters. The molecule has 0 aromatic heterocycles. The second-order valence-corrected chi connectivity index (χ2v) is 3.87. The summed E-state index contributed by atoms with van der Waals surface area (Å²) in [5, 5.41) is 12.3. The average Bonchev–Trinajstić information content (AvgIpc) is 2.28. The number of hydrogen-bond acceptors (Lipinski definition) is 3. The summed E-state index contributed by atoms with van der Waals surface area (Å²) in [6, 6.07) is 5.54. The molecular formula is C12H15NO3. The summed E-state index contributed by atoms with van der Waals surface area (Å²) in [4.78, 5) is 11.0. The van der Waals surface area contributed by atoms with Crippen LogP contribution >= 0.6 is 0 Å². The number of nitrogens with one attached hydrogen (secondary N) is 1. The number of fused-ring (bicyclic) bond motifs is 1. The van der Waals surface area contributed by atoms with Gasteiger partial charge in [0.2, 0.25) is 0 Å². The predicted molar refractivity (Wildman–Crippen MR) is 60.1 cm³/mol. The van der Waals surface area contributed by atoms with Crippen molar-refractivity contribution in [3.05, 3.63) is 29.3 Å². The molecule has 1 aromatic rings. The summed E-state index contributed by atoms with van der Waals surface area (Å²) in [7, 11) is 0. The van der Waals surface area contributed by atoms with Crippen molar-refractivity contribution in [2.45, 2.75) is 19.4 Å². The fourth-order valence-corrected chi connectivity index (χ4v) is 2.01. The number of rotatable bonds is 3. The summed E-state index contributed by atoms with van der Waals surface area (Å²) in [6.45, 7) is 3.47. The van der Waals surface area contributed by atoms with E-state index in [2.05, 4.69) is 5.32 Å². The predicted octanol–water partition coefficient (Wildman–Crippen LogP) is 1.30. The maximum Gasteiger partial charge on any atom is 0.339 e. The minimum Gasteiger partial charge on any atom is -0.491 e. The Bertz CT molecular complexity index is 403. The van der Waals surface area contributed by atoms with Crippen molar-refractivity contribution in [2.24, 2.45) is 0 Å². The second kappa shape index (κ2) is 4.53. The quantitative estimate of drug-likeness (QED) is 0.807. The molecule has 2 N–H and O–H groups in total. The van der Waals surface area contributed by atoms with Gasteiger partial charge in [0.15, 0.2) is 0 Å². The molecule has 0 spiro atoms. The van der Waals surface area contributed by atoms with Gasteiger partial charge < -0.3 is 15.2 Å². The molecule has 2 rings (SSSR count). The van der Waals surface area contributed by atoms with Crippen LogP contribution in [0.25, 0.3) is 0 Å². The van der Waals surface area contributed by atoms with Crippen molar-refractivity contribution < 1.29 is 14.6 Å². The van der Waals surface area contributed by atoms with Crippen LogP contribution in [-0.4, -0.2) is 30.3 Å². The summed E-state index contributed by atoms with van der Waals surface area (Å²) in [5.74, 6) is -0.400. The minimum atomic E-state index is -0.932. The Balaban J connectivity index is 2.27. The highest BCUT2D eigenvalue weighted by atomic mass is 16.5. The Kier molecular flexibility index (Phi) is 3.10. The molecule has 0 saturated carbocycles. The molecule has 1 aliphatic rings. The Morgan fingerprint density at radius 3 is 3.12 bits per heavy atom. The number of hydrogen-bond donors (Lipinski definition) is 2. The van der Waals surface area contributed by atoms with Crippen LogP contribution in [0, 0.1) is 0 Å². The van der Waals surface area contributed by atoms with Crippen molar-refractivity contribution in [1.29, 1.82) is 0 Å². The molecule has 4 nitrogen and oxygen atoms in total. The second-order valence-electron chi connectivity index (χ2n) is 3.87. The van der Waals surface area contributed by atoms with Crippen molar-refractivity contribution >= 4 is 5.97 Å². The van der Waals surface area contributed by atoms with Gasteiger partial charge >= 0.3 is 5.97 Å². The van der Waals surface area contributed by atoms with Crippen LogP contribution in [0.1, 0.15) is 22.8 Å². The lowest BCUT2D eigenvalue weighted by Gasteiger charge is -2.26. The Labute approximate surface area is 94.2 Å². The van der Waals surface area contributed by atoms with Crippen LogP contribution in [0.5, 0.6) is 5.75 Å². The number of carboxylic acid groups (broad SMARTS) is 1. The fraction of sp³-hybridized carbons (Fsp3) is 0.417. The highest BCUT2D eigenvalue weighted by molar-refractivity contribution is 5.91. The highest BCUT2D eigenvalue weighted by Gasteiger charge is 2.23. The highest BCUT2D eigenvalue weighted by Crippen LogP contribution is 2.28. The van der Waals surface area contributed by atoms with E-state index in [1.54, 1.807) is 12.1 Å². The van der Waals surface area contributed by atoms with E-state index in [9.17, 15) is 4.79 Å². The molecule has 4 heteroatoms. The van der Waals surface area contributed by atoms with Gasteiger partial charge in [-0.05, 0) is 24.6 Å². The third-order valence-corrected chi connectivity index (χ3v) is 2.71. The molecule has 1 aromatic carbocycles. The molecule has 1 aliphatic heterocycles. The largest absolute Gasteiger partial charge is 0.491 e. The van der Waals surface area contributed by atoms with Crippen molar-refractivity contribution in [1.82, 2.24) is 5.32 Å². The topological polar surface area (TPSA) is 58.6 Å². The first kappa shape index (κ1) is 11.0. The van der Waals surface area contributed by atoms with Crippen LogP contribution in [-0.2, 0) is 6.42 Å². The first-order valence-electron chi connectivity index (χ1n) is 5.43. The van der Waals surface area contributed by atoms with E-state index in [0.29, 0.717) is 12.4 Å². The monoisotopic (exact) mass is 221 g/mol. The number of carbonyl (C=O) groups is 1. The van der Waals surface area contributed by atoms with Crippen LogP contribution in [0.4, 0.5) is 0 Å². The Hall–Kier alpha value is -1.55. The van der Waals surface area contributed by atoms with Gasteiger partial charge in [0, 0.05) is 6.04 Å². The molecule has 0 fully saturated rings. The lowest BCUT2D eigenvalue weighted by molar-refractivity contribution is 0.0690. The fourth-order valence-electron chi connectivity index (χ4n) is 2.01. The summed E-state index contributed by atoms with van der Waals surface area (Å²) < 4.78 is 5.54. The van der Waals surface area contributed by atoms with Crippen LogP contribution in [0.2, 0.25) is 0 Å². The maximum absolute atomic E-state index is 11.0. The number of likely N-dealkylation sites (N-methyl/N-ethyl adjacent to an activating group) is 1. The minimum absolute atomic E-state index is 0.257. The number of para-hydroxylation sites is 1. The number of carboxylic acids is 1. The smallest absolute Gasteiger partial charge is 0.339 e. The van der Waals surface area contributed by atoms with E-state index >= 15 is 0 Å². The average molecular weight is 221 g/mol. The van der Waals surface area contributed by atoms with E-state index in [-0.39, 0.29) is 11.6 Å². The van der Waals surface area contributed by atoms with E-state index < -0.39 is 5.97 Å². The van der Waals surface area contributed by atoms with Gasteiger partial charge in [-0.2, -0.15) is 0 Å². The van der Waals surface area contributed by atoms with Gasteiger partial charge in [-0.1, -0.05) is 19.1 Å². The molecule has 1 heterocycles. The van der Waals surface area contributed by atoms with Gasteiger partial charge in [0.05, 0.1) is 0 Å². The third-order valence-electron chi connectivity index (χ3n) is 2.71. The van der Waals surface area contributed by atoms with Gasteiger partial charge in [-0.25, -0.2) is 4.79 Å². The summed E-state index contributed by atoms with van der Waals surface area (Å²) in [5.41, 5.74) is 1.23. The van der Waals surface area contributed by atoms with Crippen LogP contribution in [0.3, 0.4) is 0 Å². The van der Waals surface area contributed by atoms with Crippen LogP contribution in [0.15, 0.2) is 18.2 Å². The van der Waals surface area contributed by atoms with E-state index in [1.807, 2.05) is 13.0 Å². The molecular weight excluding hydrogens is 206 g/mol. The zero-order valence-corrected chi connectivity index (χ0v) is 9.19. The van der Waals surface area contributed by atoms with Crippen molar-refractivity contribution in [3.8, 4) is 5.75 Å². The zero-order chi connectivity index (χ0) is 11.5. The number of aromatic carboxylic acids is 1. The van der Waals surface area contributed by atoms with Gasteiger partial charge in [0.25, 0.3) is 0 Å². The van der Waals surface area contributed by atoms with Crippen molar-refractivity contribution in [3.63, 3.8) is 0 Å². The normalized spacial score (nSPS) is 18.7. The SMILES string of the molecule is CCNC1COc2c(cccc2C(=O)O)C1. The van der Waals surface area contributed by atoms with Gasteiger partial charge in [-0.15, -0.1) is 0 Å². The Morgan fingerprint density at radius 2 is 2.44 bits per heavy atom. The first-order valence-corrected chi connectivity index (χ1v) is 5.43. The molecule has 0 aliphatic carbocycles. The zero-order valence-electron chi connectivity index (χ0n) is 9.19. The lowest BCUT2D eigenvalue weighted by atomic mass is 9.99. The number of benzene rings is 1. The first-order chi connectivity index (χ1) is 7.72. The third kappa shape index (κ3) is 2.02. The van der Waals surface area contributed by atoms with Crippen molar-refractivity contribution in [2.75, 3.05) is 13.2 Å². The Morgan fingerprint density at radius 1 is 1.62 bits per heavy atom. The molecule has 16 heavy (non-hydrogen) atoms. The van der Waals surface area contributed by atoms with E-state index in [0.717, 1.165) is 18.5 Å². The molecule has 1 unspecified atom stereocenters. The molecule has 0 radical (unpaired) electrons.